The fourth-order valence-electron chi connectivity index (χ4n) is 4.23. The van der Waals surface area contributed by atoms with E-state index in [2.05, 4.69) is 5.32 Å². The number of nitrogens with one attached hydrogen (secondary N) is 1. The van der Waals surface area contributed by atoms with Crippen molar-refractivity contribution in [1.82, 2.24) is 5.32 Å². The number of aliphatic hydroxyl groups excluding tert-OH is 12. The first-order chi connectivity index (χ1) is 18.8. The number of hydrogen-bond donors (Lipinski definition) is 13. The summed E-state index contributed by atoms with van der Waals surface area (Å²) in [6.07, 6.45) is -23.7. The second-order valence-electron chi connectivity index (χ2n) is 9.61. The van der Waals surface area contributed by atoms with Gasteiger partial charge in [0, 0.05) is 13.5 Å². The van der Waals surface area contributed by atoms with Crippen molar-refractivity contribution in [2.24, 2.45) is 0 Å². The number of aliphatic hydroxyl groups is 12. The van der Waals surface area contributed by atoms with E-state index in [0.717, 1.165) is 6.92 Å². The third-order valence-corrected chi connectivity index (χ3v) is 6.55. The van der Waals surface area contributed by atoms with Gasteiger partial charge in [0.15, 0.2) is 6.29 Å². The van der Waals surface area contributed by atoms with E-state index in [1.54, 1.807) is 0 Å². The van der Waals surface area contributed by atoms with E-state index in [-0.39, 0.29) is 42.3 Å². The molecule has 13 N–H and O–H groups in total. The zero-order valence-corrected chi connectivity index (χ0v) is 24.5. The average Bonchev–Trinajstić information content (AvgIpc) is 2.93. The number of ether oxygens (including phenoxy) is 4. The largest absolute Gasteiger partial charge is 1.00 e. The van der Waals surface area contributed by atoms with Crippen molar-refractivity contribution in [3.63, 3.8) is 0 Å². The Kier molecular flexibility index (Phi) is 17.0. The summed E-state index contributed by atoms with van der Waals surface area (Å²) in [6, 6.07) is -1.22. The summed E-state index contributed by atoms with van der Waals surface area (Å²) in [5.41, 5.74) is 0. The van der Waals surface area contributed by atoms with Crippen LogP contribution in [0.5, 0.6) is 0 Å². The first-order valence-corrected chi connectivity index (χ1v) is 12.5. The second-order valence-corrected chi connectivity index (χ2v) is 9.61. The Morgan fingerprint density at radius 1 is 0.927 bits per heavy atom. The summed E-state index contributed by atoms with van der Waals surface area (Å²) in [6.45, 7) is -2.31. The number of amides is 1. The van der Waals surface area contributed by atoms with Crippen LogP contribution in [-0.2, 0) is 23.7 Å². The maximum absolute atomic E-state index is 11.6. The van der Waals surface area contributed by atoms with Gasteiger partial charge in [0.05, 0.1) is 38.1 Å². The smallest absolute Gasteiger partial charge is 0.520 e. The van der Waals surface area contributed by atoms with Crippen LogP contribution in [0.15, 0.2) is 0 Å². The first kappa shape index (κ1) is 38.9. The van der Waals surface area contributed by atoms with E-state index in [1.165, 1.54) is 0 Å². The van der Waals surface area contributed by atoms with Crippen LogP contribution in [-0.4, -0.2) is 179 Å². The third kappa shape index (κ3) is 10.2. The van der Waals surface area contributed by atoms with Gasteiger partial charge in [0.25, 0.3) is 0 Å². The van der Waals surface area contributed by atoms with E-state index in [4.69, 9.17) is 24.1 Å². The van der Waals surface area contributed by atoms with E-state index in [0.29, 0.717) is 0 Å². The Morgan fingerprint density at radius 2 is 1.51 bits per heavy atom. The standard InChI is InChI=1S/C22H40NO17.Na/c1-7(27)23-14-8(28)2-13(39-21(14)16(33)10(30)4-25)37-6-12-17(34)18(35)19(36)22(38-12)40-20(11(31)5-26)15(32)9(29)3-24;/h8-12,14-22,24-26,28-36H,2-6H2,1H3,(H,23,27);/q-1;+1/t8-,9?,10-,11?,12?,14-,15-,16-,17+,18+,19?,20-,21?,22+;/m1./s1. The maximum Gasteiger partial charge on any atom is 1.00 e. The van der Waals surface area contributed by atoms with Crippen LogP contribution in [0, 0.1) is 6.29 Å². The summed E-state index contributed by atoms with van der Waals surface area (Å²) >= 11 is 0. The molecule has 41 heavy (non-hydrogen) atoms. The molecule has 2 rings (SSSR count). The Morgan fingerprint density at radius 3 is 2.05 bits per heavy atom. The molecule has 0 aromatic rings. The van der Waals surface area contributed by atoms with Crippen LogP contribution in [0.2, 0.25) is 0 Å². The van der Waals surface area contributed by atoms with Gasteiger partial charge >= 0.3 is 29.6 Å². The van der Waals surface area contributed by atoms with Crippen molar-refractivity contribution >= 4 is 5.91 Å². The molecule has 19 heteroatoms. The van der Waals surface area contributed by atoms with Gasteiger partial charge in [0.1, 0.15) is 61.0 Å². The summed E-state index contributed by atoms with van der Waals surface area (Å²) < 4.78 is 21.7. The van der Waals surface area contributed by atoms with Crippen molar-refractivity contribution in [3.05, 3.63) is 6.29 Å². The first-order valence-electron chi connectivity index (χ1n) is 12.5. The van der Waals surface area contributed by atoms with E-state index >= 15 is 0 Å². The minimum Gasteiger partial charge on any atom is -0.520 e. The monoisotopic (exact) mass is 613 g/mol. The molecule has 0 aliphatic carbocycles. The van der Waals surface area contributed by atoms with E-state index < -0.39 is 118 Å². The van der Waals surface area contributed by atoms with Gasteiger partial charge in [-0.15, -0.1) is 6.42 Å². The molecule has 2 aliphatic heterocycles. The molecule has 18 nitrogen and oxygen atoms in total. The van der Waals surface area contributed by atoms with Crippen molar-refractivity contribution in [2.75, 3.05) is 26.4 Å². The molecule has 0 saturated carbocycles. The Bertz CT molecular complexity index is 772. The molecule has 0 bridgehead atoms. The Labute approximate surface area is 257 Å². The molecule has 14 atom stereocenters. The van der Waals surface area contributed by atoms with Crippen LogP contribution >= 0.6 is 0 Å². The summed E-state index contributed by atoms with van der Waals surface area (Å²) in [4.78, 5) is 11.6. The number of rotatable bonds is 14. The quantitative estimate of drug-likeness (QED) is 0.0639. The van der Waals surface area contributed by atoms with E-state index in [1.807, 2.05) is 0 Å². The average molecular weight is 614 g/mol. The van der Waals surface area contributed by atoms with Crippen LogP contribution in [0.1, 0.15) is 13.3 Å². The van der Waals surface area contributed by atoms with Gasteiger partial charge < -0.3 is 85.5 Å². The Balaban J connectivity index is 0.00000840. The van der Waals surface area contributed by atoms with Gasteiger partial charge in [-0.3, -0.25) is 4.79 Å². The van der Waals surface area contributed by atoms with Crippen molar-refractivity contribution in [1.29, 1.82) is 0 Å². The van der Waals surface area contributed by atoms with Gasteiger partial charge in [0.2, 0.25) is 5.91 Å². The zero-order chi connectivity index (χ0) is 30.3. The Hall–Kier alpha value is -0.170. The molecule has 1 amide bonds. The van der Waals surface area contributed by atoms with Crippen LogP contribution in [0.25, 0.3) is 0 Å². The molecule has 0 spiro atoms. The van der Waals surface area contributed by atoms with Crippen LogP contribution < -0.4 is 34.9 Å². The minimum absolute atomic E-state index is 0. The molecule has 2 saturated heterocycles. The minimum atomic E-state index is -1.98. The topological polar surface area (TPSA) is 309 Å². The predicted molar refractivity (Wildman–Crippen MR) is 125 cm³/mol. The summed E-state index contributed by atoms with van der Waals surface area (Å²) in [5, 5.41) is 122. The van der Waals surface area contributed by atoms with Gasteiger partial charge in [-0.2, -0.15) is 0 Å². The molecule has 2 heterocycles. The van der Waals surface area contributed by atoms with Gasteiger partial charge in [-0.25, -0.2) is 0 Å². The third-order valence-electron chi connectivity index (χ3n) is 6.55. The SMILES string of the molecule is CC(=O)N[C@H]1C([C@H](O)[C@H](O)CO)O[C-](OCC2O[C@@H](O[C@H](C(O)CO)[C@H](O)C(O)CO)C(O)[C@@H](O)[C@H]2O)C[C@H]1O.[Na+]. The molecule has 0 aromatic heterocycles. The molecule has 5 unspecified atom stereocenters. The van der Waals surface area contributed by atoms with Crippen molar-refractivity contribution in [3.8, 4) is 0 Å². The number of carbonyl (C=O) groups excluding carboxylic acids is 1. The van der Waals surface area contributed by atoms with Crippen LogP contribution in [0.3, 0.4) is 0 Å². The number of carbonyl (C=O) groups is 1. The molecule has 0 radical (unpaired) electrons. The van der Waals surface area contributed by atoms with Gasteiger partial charge in [-0.05, 0) is 0 Å². The van der Waals surface area contributed by atoms with Crippen LogP contribution in [0.4, 0.5) is 0 Å². The molecule has 2 aliphatic rings. The van der Waals surface area contributed by atoms with Crippen molar-refractivity contribution < 1.29 is 115 Å². The van der Waals surface area contributed by atoms with E-state index in [9.17, 15) is 61.0 Å². The molecule has 236 valence electrons. The molecular formula is C22H40NNaO17. The normalized spacial score (nSPS) is 35.4. The summed E-state index contributed by atoms with van der Waals surface area (Å²) in [5.74, 6) is -0.591. The molecule has 2 fully saturated rings. The zero-order valence-electron chi connectivity index (χ0n) is 22.5. The fraction of sp³-hybridized carbons (Fsp3) is 0.909. The van der Waals surface area contributed by atoms with Crippen molar-refractivity contribution in [2.45, 2.75) is 98.9 Å². The second kappa shape index (κ2) is 18.0. The predicted octanol–water partition coefficient (Wildman–Crippen LogP) is -10.9. The number of hydrogen-bond acceptors (Lipinski definition) is 17. The molecular weight excluding hydrogens is 573 g/mol. The maximum atomic E-state index is 11.6. The summed E-state index contributed by atoms with van der Waals surface area (Å²) in [7, 11) is 0. The fourth-order valence-corrected chi connectivity index (χ4v) is 4.23. The molecule has 0 aromatic carbocycles. The van der Waals surface area contributed by atoms with Gasteiger partial charge in [-0.1, -0.05) is 6.29 Å².